The number of aromatic amines is 1. The lowest BCUT2D eigenvalue weighted by Gasteiger charge is -1.93. The van der Waals surface area contributed by atoms with E-state index in [1.807, 2.05) is 24.3 Å². The van der Waals surface area contributed by atoms with Gasteiger partial charge in [-0.1, -0.05) is 17.6 Å². The topological polar surface area (TPSA) is 15.8 Å². The molecule has 0 saturated carbocycles. The molecule has 47 valence electrons. The lowest BCUT2D eigenvalue weighted by atomic mass is 9.71. The van der Waals surface area contributed by atoms with Crippen LogP contribution in [-0.2, 0) is 0 Å². The molecule has 0 unspecified atom stereocenters. The van der Waals surface area contributed by atoms with Crippen molar-refractivity contribution < 1.29 is 0 Å². The van der Waals surface area contributed by atoms with Crippen LogP contribution in [0, 0.1) is 0 Å². The third-order valence-corrected chi connectivity index (χ3v) is 1.57. The Labute approximate surface area is 60.7 Å². The highest BCUT2D eigenvalue weighted by Crippen LogP contribution is 2.13. The van der Waals surface area contributed by atoms with E-state index < -0.39 is 0 Å². The number of allylic oxidation sites excluding steroid dienone is 2. The van der Waals surface area contributed by atoms with Crippen LogP contribution in [0.25, 0.3) is 5.47 Å². The van der Waals surface area contributed by atoms with Gasteiger partial charge in [-0.05, 0) is 12.1 Å². The number of hydrogen-bond donors (Lipinski definition) is 1. The first kappa shape index (κ1) is 5.60. The van der Waals surface area contributed by atoms with Gasteiger partial charge in [0.15, 0.2) is 7.28 Å². The highest BCUT2D eigenvalue weighted by atomic mass is 14.7. The van der Waals surface area contributed by atoms with E-state index in [2.05, 4.69) is 24.4 Å². The second-order valence-electron chi connectivity index (χ2n) is 2.26. The molecular formula is C8H7BN. The Kier molecular flexibility index (Phi) is 1.24. The van der Waals surface area contributed by atoms with Crippen LogP contribution < -0.4 is 0 Å². The zero-order chi connectivity index (χ0) is 6.81. The van der Waals surface area contributed by atoms with Gasteiger partial charge in [0.05, 0.1) is 0 Å². The highest BCUT2D eigenvalue weighted by Gasteiger charge is 2.02. The minimum Gasteiger partial charge on any atom is -0.362 e. The number of nitrogens with one attached hydrogen (secondary N) is 1. The Morgan fingerprint density at radius 2 is 2.40 bits per heavy atom. The maximum Gasteiger partial charge on any atom is 0.184 e. The molecule has 0 aliphatic carbocycles. The number of aromatic nitrogens is 1. The fraction of sp³-hybridized carbons (Fsp3) is 0. The summed E-state index contributed by atoms with van der Waals surface area (Å²) in [5, 5.41) is 0. The summed E-state index contributed by atoms with van der Waals surface area (Å²) in [7, 11) is 2.09. The van der Waals surface area contributed by atoms with Gasteiger partial charge in [0.2, 0.25) is 0 Å². The van der Waals surface area contributed by atoms with Crippen LogP contribution in [0.2, 0.25) is 0 Å². The largest absolute Gasteiger partial charge is 0.362 e. The molecule has 2 heterocycles. The van der Waals surface area contributed by atoms with Crippen molar-refractivity contribution in [1.82, 2.24) is 4.98 Å². The molecule has 2 heteroatoms. The highest BCUT2D eigenvalue weighted by molar-refractivity contribution is 6.66. The summed E-state index contributed by atoms with van der Waals surface area (Å²) in [5.74, 6) is 2.04. The second kappa shape index (κ2) is 2.22. The molecule has 10 heavy (non-hydrogen) atoms. The third-order valence-electron chi connectivity index (χ3n) is 1.57. The molecule has 1 aromatic rings. The lowest BCUT2D eigenvalue weighted by Crippen LogP contribution is -1.87. The molecule has 1 aromatic heterocycles. The minimum atomic E-state index is 1.19. The van der Waals surface area contributed by atoms with E-state index in [1.165, 1.54) is 11.2 Å². The molecule has 1 N–H and O–H groups in total. The molecule has 0 saturated heterocycles. The standard InChI is InChI=1S/C8H7BN/c1-3-7(9-5-1)8-4-2-6-10-8/h1-6,10H. The number of hydrogen-bond acceptors (Lipinski definition) is 0. The molecule has 2 rings (SSSR count). The number of rotatable bonds is 1. The molecule has 0 fully saturated rings. The Morgan fingerprint density at radius 3 is 3.00 bits per heavy atom. The van der Waals surface area contributed by atoms with Gasteiger partial charge in [-0.15, -0.1) is 5.98 Å². The normalized spacial score (nSPS) is 15.0. The van der Waals surface area contributed by atoms with Crippen molar-refractivity contribution in [2.45, 2.75) is 0 Å². The first-order chi connectivity index (χ1) is 4.97. The maximum atomic E-state index is 3.14. The lowest BCUT2D eigenvalue weighted by molar-refractivity contribution is 1.37. The van der Waals surface area contributed by atoms with Crippen LogP contribution in [0.3, 0.4) is 0 Å². The van der Waals surface area contributed by atoms with Gasteiger partial charge in [-0.2, -0.15) is 0 Å². The van der Waals surface area contributed by atoms with Crippen molar-refractivity contribution in [2.75, 3.05) is 0 Å². The van der Waals surface area contributed by atoms with Crippen molar-refractivity contribution in [3.8, 4) is 0 Å². The SMILES string of the molecule is [B]1C=CC=C1c1ccc[nH]1. The van der Waals surface area contributed by atoms with Gasteiger partial charge in [-0.25, -0.2) is 0 Å². The van der Waals surface area contributed by atoms with Crippen molar-refractivity contribution in [2.24, 2.45) is 0 Å². The van der Waals surface area contributed by atoms with Crippen LogP contribution in [-0.4, -0.2) is 12.3 Å². The van der Waals surface area contributed by atoms with Gasteiger partial charge in [0.1, 0.15) is 0 Å². The molecule has 1 radical (unpaired) electrons. The van der Waals surface area contributed by atoms with E-state index in [0.29, 0.717) is 0 Å². The van der Waals surface area contributed by atoms with E-state index in [0.717, 1.165) is 0 Å². The third kappa shape index (κ3) is 0.818. The molecule has 1 nitrogen and oxygen atoms in total. The molecular weight excluding hydrogens is 121 g/mol. The quantitative estimate of drug-likeness (QED) is 0.552. The first-order valence-corrected chi connectivity index (χ1v) is 3.32. The van der Waals surface area contributed by atoms with E-state index in [4.69, 9.17) is 0 Å². The Balaban J connectivity index is 2.30. The van der Waals surface area contributed by atoms with Crippen LogP contribution in [0.1, 0.15) is 5.69 Å². The van der Waals surface area contributed by atoms with Crippen molar-refractivity contribution in [3.05, 3.63) is 42.2 Å². The van der Waals surface area contributed by atoms with Crippen LogP contribution in [0.15, 0.2) is 36.5 Å². The maximum absolute atomic E-state index is 3.14. The predicted molar refractivity (Wildman–Crippen MR) is 43.7 cm³/mol. The van der Waals surface area contributed by atoms with Crippen LogP contribution >= 0.6 is 0 Å². The zero-order valence-corrected chi connectivity index (χ0v) is 5.54. The smallest absolute Gasteiger partial charge is 0.184 e. The molecule has 0 spiro atoms. The Bertz CT molecular complexity index is 269. The summed E-state index contributed by atoms with van der Waals surface area (Å²) >= 11 is 0. The van der Waals surface area contributed by atoms with Crippen molar-refractivity contribution in [1.29, 1.82) is 0 Å². The predicted octanol–water partition coefficient (Wildman–Crippen LogP) is 1.59. The second-order valence-corrected chi connectivity index (χ2v) is 2.26. The van der Waals surface area contributed by atoms with Gasteiger partial charge < -0.3 is 4.98 Å². The van der Waals surface area contributed by atoms with Crippen molar-refractivity contribution in [3.63, 3.8) is 0 Å². The van der Waals surface area contributed by atoms with E-state index >= 15 is 0 Å². The molecule has 0 amide bonds. The fourth-order valence-electron chi connectivity index (χ4n) is 1.06. The summed E-state index contributed by atoms with van der Waals surface area (Å²) in [4.78, 5) is 3.14. The summed E-state index contributed by atoms with van der Waals surface area (Å²) in [5.41, 5.74) is 2.44. The van der Waals surface area contributed by atoms with Crippen LogP contribution in [0.4, 0.5) is 0 Å². The summed E-state index contributed by atoms with van der Waals surface area (Å²) in [6.07, 6.45) is 6.06. The van der Waals surface area contributed by atoms with E-state index in [-0.39, 0.29) is 0 Å². The first-order valence-electron chi connectivity index (χ1n) is 3.32. The summed E-state index contributed by atoms with van der Waals surface area (Å²) < 4.78 is 0. The van der Waals surface area contributed by atoms with Crippen molar-refractivity contribution >= 4 is 12.8 Å². The monoisotopic (exact) mass is 128 g/mol. The summed E-state index contributed by atoms with van der Waals surface area (Å²) in [6, 6.07) is 4.07. The molecule has 0 aromatic carbocycles. The zero-order valence-electron chi connectivity index (χ0n) is 5.54. The van der Waals surface area contributed by atoms with Gasteiger partial charge in [0.25, 0.3) is 0 Å². The molecule has 1 aliphatic rings. The Hall–Kier alpha value is -1.18. The summed E-state index contributed by atoms with van der Waals surface area (Å²) in [6.45, 7) is 0. The Morgan fingerprint density at radius 1 is 1.40 bits per heavy atom. The average molecular weight is 128 g/mol. The molecule has 0 atom stereocenters. The number of H-pyrrole nitrogens is 1. The van der Waals surface area contributed by atoms with E-state index in [1.54, 1.807) is 0 Å². The van der Waals surface area contributed by atoms with Gasteiger partial charge in [0, 0.05) is 11.9 Å². The molecule has 0 bridgehead atoms. The average Bonchev–Trinajstić information content (AvgIpc) is 2.59. The van der Waals surface area contributed by atoms with Gasteiger partial charge >= 0.3 is 0 Å². The van der Waals surface area contributed by atoms with Gasteiger partial charge in [-0.3, -0.25) is 0 Å². The van der Waals surface area contributed by atoms with E-state index in [9.17, 15) is 0 Å². The minimum absolute atomic E-state index is 1.19. The van der Waals surface area contributed by atoms with Crippen LogP contribution in [0.5, 0.6) is 0 Å². The fourth-order valence-corrected chi connectivity index (χ4v) is 1.06. The molecule has 1 aliphatic heterocycles.